The van der Waals surface area contributed by atoms with Gasteiger partial charge >= 0.3 is 11.9 Å². The van der Waals surface area contributed by atoms with Crippen LogP contribution in [0, 0.1) is 0 Å². The van der Waals surface area contributed by atoms with Gasteiger partial charge in [-0.05, 0) is 19.3 Å². The van der Waals surface area contributed by atoms with Gasteiger partial charge in [0.05, 0.1) is 19.6 Å². The van der Waals surface area contributed by atoms with Crippen LogP contribution in [0.2, 0.25) is 0 Å². The average Bonchev–Trinajstić information content (AvgIpc) is 2.38. The SMILES string of the molecule is CCCCOC(=O)CCSC(CCC)CCOC(C)=O. The fourth-order valence-corrected chi connectivity index (χ4v) is 2.96. The second kappa shape index (κ2) is 13.3. The van der Waals surface area contributed by atoms with E-state index in [4.69, 9.17) is 9.47 Å². The maximum Gasteiger partial charge on any atom is 0.306 e. The number of thioether (sulfide) groups is 1. The second-order valence-electron chi connectivity index (χ2n) is 4.73. The Bertz CT molecular complexity index is 269. The second-order valence-corrected chi connectivity index (χ2v) is 6.14. The molecule has 1 unspecified atom stereocenters. The molecule has 0 aliphatic rings. The third-order valence-corrected chi connectivity index (χ3v) is 4.16. The smallest absolute Gasteiger partial charge is 0.306 e. The highest BCUT2D eigenvalue weighted by molar-refractivity contribution is 7.99. The van der Waals surface area contributed by atoms with E-state index in [0.717, 1.165) is 37.9 Å². The van der Waals surface area contributed by atoms with Crippen LogP contribution < -0.4 is 0 Å². The maximum atomic E-state index is 11.5. The fourth-order valence-electron chi connectivity index (χ4n) is 1.68. The Hall–Kier alpha value is -0.710. The van der Waals surface area contributed by atoms with Crippen molar-refractivity contribution in [3.63, 3.8) is 0 Å². The fraction of sp³-hybridized carbons (Fsp3) is 0.867. The first-order chi connectivity index (χ1) is 9.60. The van der Waals surface area contributed by atoms with Gasteiger partial charge in [-0.15, -0.1) is 0 Å². The van der Waals surface area contributed by atoms with Gasteiger partial charge in [0.2, 0.25) is 0 Å². The van der Waals surface area contributed by atoms with Gasteiger partial charge in [0.15, 0.2) is 0 Å². The quantitative estimate of drug-likeness (QED) is 0.407. The van der Waals surface area contributed by atoms with Crippen LogP contribution in [0.4, 0.5) is 0 Å². The minimum Gasteiger partial charge on any atom is -0.466 e. The van der Waals surface area contributed by atoms with Crippen LogP contribution in [0.1, 0.15) is 59.3 Å². The standard InChI is InChI=1S/C15H28O4S/c1-4-6-10-19-15(17)9-12-20-14(7-5-2)8-11-18-13(3)16/h14H,4-12H2,1-3H3. The molecule has 0 amide bonds. The Balaban J connectivity index is 3.73. The van der Waals surface area contributed by atoms with Crippen molar-refractivity contribution in [3.05, 3.63) is 0 Å². The molecule has 0 radical (unpaired) electrons. The summed E-state index contributed by atoms with van der Waals surface area (Å²) in [4.78, 5) is 22.2. The van der Waals surface area contributed by atoms with Crippen molar-refractivity contribution < 1.29 is 19.1 Å². The van der Waals surface area contributed by atoms with Crippen LogP contribution in [0.5, 0.6) is 0 Å². The van der Waals surface area contributed by atoms with E-state index in [9.17, 15) is 9.59 Å². The lowest BCUT2D eigenvalue weighted by Crippen LogP contribution is -2.12. The Labute approximate surface area is 127 Å². The summed E-state index contributed by atoms with van der Waals surface area (Å²) in [6.45, 7) is 6.63. The molecule has 118 valence electrons. The number of hydrogen-bond acceptors (Lipinski definition) is 5. The third-order valence-electron chi connectivity index (χ3n) is 2.78. The number of esters is 2. The molecule has 1 atom stereocenters. The number of hydrogen-bond donors (Lipinski definition) is 0. The van der Waals surface area contributed by atoms with Crippen molar-refractivity contribution in [3.8, 4) is 0 Å². The van der Waals surface area contributed by atoms with E-state index in [1.807, 2.05) is 0 Å². The van der Waals surface area contributed by atoms with Crippen LogP contribution in [0.15, 0.2) is 0 Å². The molecule has 20 heavy (non-hydrogen) atoms. The molecule has 0 aromatic carbocycles. The van der Waals surface area contributed by atoms with Gasteiger partial charge in [0.1, 0.15) is 0 Å². The van der Waals surface area contributed by atoms with E-state index in [0.29, 0.717) is 24.9 Å². The summed E-state index contributed by atoms with van der Waals surface area (Å²) in [5, 5.41) is 0.447. The van der Waals surface area contributed by atoms with Gasteiger partial charge in [0.25, 0.3) is 0 Å². The first kappa shape index (κ1) is 19.3. The van der Waals surface area contributed by atoms with Gasteiger partial charge in [-0.2, -0.15) is 11.8 Å². The number of carbonyl (C=O) groups is 2. The molecule has 0 fully saturated rings. The van der Waals surface area contributed by atoms with Gasteiger partial charge < -0.3 is 9.47 Å². The largest absolute Gasteiger partial charge is 0.466 e. The van der Waals surface area contributed by atoms with Crippen molar-refractivity contribution in [1.29, 1.82) is 0 Å². The summed E-state index contributed by atoms with van der Waals surface area (Å²) < 4.78 is 10.1. The van der Waals surface area contributed by atoms with E-state index in [1.54, 1.807) is 11.8 Å². The van der Waals surface area contributed by atoms with Crippen LogP contribution >= 0.6 is 11.8 Å². The number of carbonyl (C=O) groups excluding carboxylic acids is 2. The molecule has 0 aliphatic heterocycles. The number of ether oxygens (including phenoxy) is 2. The molecule has 0 saturated carbocycles. The molecule has 0 saturated heterocycles. The Kier molecular flexibility index (Phi) is 12.8. The van der Waals surface area contributed by atoms with Crippen molar-refractivity contribution in [1.82, 2.24) is 0 Å². The monoisotopic (exact) mass is 304 g/mol. The normalized spacial score (nSPS) is 11.9. The maximum absolute atomic E-state index is 11.5. The predicted octanol–water partition coefficient (Wildman–Crippen LogP) is 3.57. The highest BCUT2D eigenvalue weighted by atomic mass is 32.2. The molecule has 0 aromatic heterocycles. The average molecular weight is 304 g/mol. The van der Waals surface area contributed by atoms with Gasteiger partial charge in [-0.1, -0.05) is 26.7 Å². The molecule has 0 heterocycles. The van der Waals surface area contributed by atoms with Crippen molar-refractivity contribution in [2.75, 3.05) is 19.0 Å². The summed E-state index contributed by atoms with van der Waals surface area (Å²) in [6.07, 6.45) is 5.46. The van der Waals surface area contributed by atoms with E-state index >= 15 is 0 Å². The zero-order chi connectivity index (χ0) is 15.2. The van der Waals surface area contributed by atoms with Crippen molar-refractivity contribution in [2.45, 2.75) is 64.5 Å². The highest BCUT2D eigenvalue weighted by Gasteiger charge is 2.11. The van der Waals surface area contributed by atoms with Crippen LogP contribution in [-0.4, -0.2) is 36.2 Å². The molecule has 5 heteroatoms. The summed E-state index contributed by atoms with van der Waals surface area (Å²) in [7, 11) is 0. The summed E-state index contributed by atoms with van der Waals surface area (Å²) in [5.41, 5.74) is 0. The van der Waals surface area contributed by atoms with E-state index in [-0.39, 0.29) is 11.9 Å². The lowest BCUT2D eigenvalue weighted by atomic mass is 10.2. The molecular formula is C15H28O4S. The molecule has 4 nitrogen and oxygen atoms in total. The minimum absolute atomic E-state index is 0.110. The molecule has 0 spiro atoms. The third kappa shape index (κ3) is 12.3. The zero-order valence-corrected chi connectivity index (χ0v) is 13.8. The summed E-state index contributed by atoms with van der Waals surface area (Å²) in [5.74, 6) is 0.432. The highest BCUT2D eigenvalue weighted by Crippen LogP contribution is 2.21. The molecule has 0 rings (SSSR count). The Morgan fingerprint density at radius 1 is 1.05 bits per heavy atom. The minimum atomic E-state index is -0.232. The lowest BCUT2D eigenvalue weighted by molar-refractivity contribution is -0.143. The van der Waals surface area contributed by atoms with E-state index < -0.39 is 0 Å². The molecular weight excluding hydrogens is 276 g/mol. The molecule has 0 aliphatic carbocycles. The van der Waals surface area contributed by atoms with Gasteiger partial charge in [-0.3, -0.25) is 9.59 Å². The predicted molar refractivity (Wildman–Crippen MR) is 82.9 cm³/mol. The summed E-state index contributed by atoms with van der Waals surface area (Å²) >= 11 is 1.77. The molecule has 0 aromatic rings. The zero-order valence-electron chi connectivity index (χ0n) is 13.0. The first-order valence-corrected chi connectivity index (χ1v) is 8.55. The lowest BCUT2D eigenvalue weighted by Gasteiger charge is -2.15. The van der Waals surface area contributed by atoms with Crippen molar-refractivity contribution in [2.24, 2.45) is 0 Å². The topological polar surface area (TPSA) is 52.6 Å². The molecule has 0 N–H and O–H groups in total. The van der Waals surface area contributed by atoms with Crippen LogP contribution in [-0.2, 0) is 19.1 Å². The number of unbranched alkanes of at least 4 members (excludes halogenated alkanes) is 1. The Morgan fingerprint density at radius 3 is 2.40 bits per heavy atom. The van der Waals surface area contributed by atoms with E-state index in [1.165, 1.54) is 6.92 Å². The molecule has 0 bridgehead atoms. The van der Waals surface area contributed by atoms with Crippen molar-refractivity contribution >= 4 is 23.7 Å². The summed E-state index contributed by atoms with van der Waals surface area (Å²) in [6, 6.07) is 0. The van der Waals surface area contributed by atoms with E-state index in [2.05, 4.69) is 13.8 Å². The van der Waals surface area contributed by atoms with Gasteiger partial charge in [-0.25, -0.2) is 0 Å². The van der Waals surface area contributed by atoms with Gasteiger partial charge in [0, 0.05) is 17.9 Å². The number of rotatable bonds is 12. The Morgan fingerprint density at radius 2 is 1.80 bits per heavy atom. The first-order valence-electron chi connectivity index (χ1n) is 7.50. The van der Waals surface area contributed by atoms with Crippen LogP contribution in [0.3, 0.4) is 0 Å². The van der Waals surface area contributed by atoms with Crippen LogP contribution in [0.25, 0.3) is 0 Å².